The van der Waals surface area contributed by atoms with Crippen LogP contribution < -0.4 is 0 Å². The van der Waals surface area contributed by atoms with Crippen molar-refractivity contribution in [3.05, 3.63) is 24.0 Å². The number of aliphatic hydroxyl groups excluding tert-OH is 1. The molecule has 4 aliphatic carbocycles. The second kappa shape index (κ2) is 6.60. The number of ether oxygens (including phenoxy) is 3. The Morgan fingerprint density at radius 2 is 1.86 bits per heavy atom. The topological polar surface area (TPSA) is 151 Å². The normalized spacial score (nSPS) is 57.3. The summed E-state index contributed by atoms with van der Waals surface area (Å²) in [6.07, 6.45) is -0.968. The zero-order valence-electron chi connectivity index (χ0n) is 22.5. The Morgan fingerprint density at radius 3 is 2.41 bits per heavy atom. The van der Waals surface area contributed by atoms with Crippen LogP contribution in [0.25, 0.3) is 0 Å². The molecule has 1 spiro atoms. The lowest BCUT2D eigenvalue weighted by Crippen LogP contribution is -2.75. The number of hydrogen-bond acceptors (Lipinski definition) is 9. The summed E-state index contributed by atoms with van der Waals surface area (Å²) in [6, 6.07) is 3.23. The summed E-state index contributed by atoms with van der Waals surface area (Å²) in [5, 5.41) is 63.0. The van der Waals surface area contributed by atoms with Crippen LogP contribution in [0.15, 0.2) is 18.3 Å². The predicted molar refractivity (Wildman–Crippen MR) is 128 cm³/mol. The molecule has 6 fully saturated rings. The molecule has 2 saturated heterocycles. The van der Waals surface area contributed by atoms with Crippen LogP contribution in [0, 0.1) is 22.7 Å². The molecule has 0 aromatic carbocycles. The molecule has 37 heavy (non-hydrogen) atoms. The highest BCUT2D eigenvalue weighted by molar-refractivity contribution is 5.88. The highest BCUT2D eigenvalue weighted by Crippen LogP contribution is 2.91. The summed E-state index contributed by atoms with van der Waals surface area (Å²) >= 11 is 0. The average Bonchev–Trinajstić information content (AvgIpc) is 3.38. The van der Waals surface area contributed by atoms with Crippen LogP contribution in [0.5, 0.6) is 0 Å². The highest BCUT2D eigenvalue weighted by atomic mass is 16.7. The van der Waals surface area contributed by atoms with Gasteiger partial charge >= 0.3 is 5.97 Å². The average molecular weight is 522 g/mol. The van der Waals surface area contributed by atoms with Crippen LogP contribution >= 0.6 is 0 Å². The molecule has 5 N–H and O–H groups in total. The van der Waals surface area contributed by atoms with Gasteiger partial charge in [-0.05, 0) is 43.7 Å². The Hall–Kier alpha value is -1.53. The first-order valence-electron chi connectivity index (χ1n) is 13.1. The zero-order valence-corrected chi connectivity index (χ0v) is 22.5. The molecule has 3 heterocycles. The van der Waals surface area contributed by atoms with Crippen molar-refractivity contribution in [3.8, 4) is 0 Å². The third-order valence-corrected chi connectivity index (χ3v) is 11.9. The Morgan fingerprint density at radius 1 is 1.22 bits per heavy atom. The first-order chi connectivity index (χ1) is 17.0. The third kappa shape index (κ3) is 1.92. The van der Waals surface area contributed by atoms with E-state index in [1.54, 1.807) is 64.6 Å². The van der Waals surface area contributed by atoms with E-state index in [2.05, 4.69) is 0 Å². The first kappa shape index (κ1) is 25.7. The fourth-order valence-electron chi connectivity index (χ4n) is 10.1. The summed E-state index contributed by atoms with van der Waals surface area (Å²) in [7, 11) is 3.06. The smallest absolute Gasteiger partial charge is 0.355 e. The van der Waals surface area contributed by atoms with Crippen molar-refractivity contribution < 1.29 is 44.5 Å². The number of aliphatic hydroxyl groups is 5. The lowest BCUT2D eigenvalue weighted by molar-refractivity contribution is -0.396. The van der Waals surface area contributed by atoms with E-state index in [1.807, 2.05) is 0 Å². The summed E-state index contributed by atoms with van der Waals surface area (Å²) in [5.41, 5.74) is -14.2. The maximum absolute atomic E-state index is 13.5. The van der Waals surface area contributed by atoms with Gasteiger partial charge in [-0.1, -0.05) is 27.7 Å². The molecule has 4 saturated carbocycles. The minimum absolute atomic E-state index is 0.0988. The standard InChI is InChI=1S/C27H39NO9/c1-14(2)24(32)19(36-18(30)16-9-8-12-28(16)6)25(33)20(4)13-23(35-7)21(24,5)27(25,34)26(37-23)17(29)15(3)10-11-22(20,26)31/h8-9,12,14-15,17,19,29,31-34H,10-11,13H2,1-7H3/t15-,17+,19+,20-,21-,22-,23+,24+,25+,26-,27+/m0/s1. The number of rotatable bonds is 4. The van der Waals surface area contributed by atoms with E-state index in [1.165, 1.54) is 7.11 Å². The van der Waals surface area contributed by atoms with Crippen molar-refractivity contribution in [3.63, 3.8) is 0 Å². The van der Waals surface area contributed by atoms with E-state index < -0.39 is 74.6 Å². The zero-order chi connectivity index (χ0) is 27.4. The van der Waals surface area contributed by atoms with Crippen molar-refractivity contribution in [2.75, 3.05) is 7.11 Å². The van der Waals surface area contributed by atoms with Gasteiger partial charge < -0.3 is 44.3 Å². The first-order valence-corrected chi connectivity index (χ1v) is 13.1. The van der Waals surface area contributed by atoms with Crippen molar-refractivity contribution >= 4 is 5.97 Å². The number of hydrogen-bond donors (Lipinski definition) is 5. The quantitative estimate of drug-likeness (QED) is 0.356. The van der Waals surface area contributed by atoms with E-state index in [-0.39, 0.29) is 18.5 Å². The van der Waals surface area contributed by atoms with Gasteiger partial charge in [0, 0.05) is 32.2 Å². The fourth-order valence-corrected chi connectivity index (χ4v) is 10.1. The van der Waals surface area contributed by atoms with E-state index in [0.717, 1.165) is 0 Å². The molecule has 1 aromatic heterocycles. The Balaban J connectivity index is 1.70. The lowest BCUT2D eigenvalue weighted by Gasteiger charge is -2.61. The maximum Gasteiger partial charge on any atom is 0.355 e. The monoisotopic (exact) mass is 521 g/mol. The Kier molecular flexibility index (Phi) is 4.59. The van der Waals surface area contributed by atoms with Gasteiger partial charge in [0.15, 0.2) is 17.5 Å². The molecule has 1 aromatic rings. The highest BCUT2D eigenvalue weighted by Gasteiger charge is 3.10. The van der Waals surface area contributed by atoms with Gasteiger partial charge in [0.05, 0.1) is 11.5 Å². The molecular weight excluding hydrogens is 482 g/mol. The van der Waals surface area contributed by atoms with Crippen molar-refractivity contribution in [1.29, 1.82) is 0 Å². The van der Waals surface area contributed by atoms with Crippen molar-refractivity contribution in [2.45, 2.75) is 99.9 Å². The van der Waals surface area contributed by atoms with Crippen LogP contribution in [0.2, 0.25) is 0 Å². The molecule has 7 rings (SSSR count). The van der Waals surface area contributed by atoms with Crippen LogP contribution in [0.1, 0.15) is 64.4 Å². The molecule has 6 bridgehead atoms. The minimum Gasteiger partial charge on any atom is -0.451 e. The fraction of sp³-hybridized carbons (Fsp3) is 0.815. The summed E-state index contributed by atoms with van der Waals surface area (Å²) in [6.45, 7) is 8.39. The number of methoxy groups -OCH3 is 1. The second-order valence-corrected chi connectivity index (χ2v) is 13.0. The Bertz CT molecular complexity index is 1200. The number of nitrogens with zero attached hydrogens (tertiary/aromatic N) is 1. The van der Waals surface area contributed by atoms with Gasteiger partial charge in [0.2, 0.25) is 0 Å². The molecule has 11 atom stereocenters. The molecule has 206 valence electrons. The van der Waals surface area contributed by atoms with Crippen LogP contribution in [-0.2, 0) is 21.3 Å². The SMILES string of the molecule is CO[C@]12C[C@@]3(C)[C@@]4(O)CC[C@H](C)[C@@H](O)[C@@]4(O1)[C@]1(O)[C@@]3(O)[C@H](OC(=O)c3cccn3C)[C@](O)(C(C)C)[C@]21C. The number of aromatic nitrogens is 1. The predicted octanol–water partition coefficient (Wildman–Crippen LogP) is 0.477. The van der Waals surface area contributed by atoms with Gasteiger partial charge in [0.25, 0.3) is 0 Å². The molecule has 0 unspecified atom stereocenters. The van der Waals surface area contributed by atoms with Gasteiger partial charge in [-0.2, -0.15) is 0 Å². The van der Waals surface area contributed by atoms with Crippen LogP contribution in [0.4, 0.5) is 0 Å². The molecule has 2 aliphatic heterocycles. The molecule has 0 amide bonds. The van der Waals surface area contributed by atoms with Gasteiger partial charge in [-0.25, -0.2) is 4.79 Å². The molecule has 10 nitrogen and oxygen atoms in total. The van der Waals surface area contributed by atoms with E-state index in [9.17, 15) is 30.3 Å². The number of carbonyl (C=O) groups is 1. The van der Waals surface area contributed by atoms with Gasteiger partial charge in [-0.3, -0.25) is 0 Å². The molecule has 6 aliphatic rings. The second-order valence-electron chi connectivity index (χ2n) is 13.0. The number of esters is 1. The van der Waals surface area contributed by atoms with Crippen molar-refractivity contribution in [2.24, 2.45) is 29.7 Å². The van der Waals surface area contributed by atoms with Crippen LogP contribution in [0.3, 0.4) is 0 Å². The number of aryl methyl sites for hydroxylation is 1. The number of carbonyl (C=O) groups excluding carboxylic acids is 1. The van der Waals surface area contributed by atoms with E-state index in [4.69, 9.17) is 14.2 Å². The summed E-state index contributed by atoms with van der Waals surface area (Å²) in [5.74, 6) is -3.58. The largest absolute Gasteiger partial charge is 0.451 e. The van der Waals surface area contributed by atoms with Gasteiger partial charge in [0.1, 0.15) is 28.1 Å². The molecule has 10 heteroatoms. The minimum atomic E-state index is -2.46. The van der Waals surface area contributed by atoms with E-state index in [0.29, 0.717) is 6.42 Å². The Labute approximate surface area is 216 Å². The third-order valence-electron chi connectivity index (χ3n) is 11.9. The lowest BCUT2D eigenvalue weighted by atomic mass is 9.52. The summed E-state index contributed by atoms with van der Waals surface area (Å²) < 4.78 is 20.2. The van der Waals surface area contributed by atoms with Crippen LogP contribution in [-0.4, -0.2) is 89.2 Å². The summed E-state index contributed by atoms with van der Waals surface area (Å²) in [4.78, 5) is 13.5. The van der Waals surface area contributed by atoms with Gasteiger partial charge in [-0.15, -0.1) is 0 Å². The molecular formula is C27H39NO9. The maximum atomic E-state index is 13.5. The molecule has 0 radical (unpaired) electrons. The van der Waals surface area contributed by atoms with E-state index >= 15 is 0 Å². The van der Waals surface area contributed by atoms with Crippen molar-refractivity contribution in [1.82, 2.24) is 4.57 Å².